The molecule has 6 nitrogen and oxygen atoms in total. The number of hydrogen-bond acceptors (Lipinski definition) is 4. The van der Waals surface area contributed by atoms with Gasteiger partial charge < -0.3 is 0 Å². The molecule has 8 heteroatoms. The maximum absolute atomic E-state index is 13.0. The van der Waals surface area contributed by atoms with E-state index in [1.165, 1.54) is 17.3 Å². The van der Waals surface area contributed by atoms with Crippen LogP contribution in [0.15, 0.2) is 17.0 Å². The highest BCUT2D eigenvalue weighted by Crippen LogP contribution is 2.38. The van der Waals surface area contributed by atoms with Gasteiger partial charge in [0.2, 0.25) is 10.0 Å². The molecule has 0 spiro atoms. The Morgan fingerprint density at radius 2 is 1.87 bits per heavy atom. The van der Waals surface area contributed by atoms with Crippen LogP contribution < -0.4 is 0 Å². The Hall–Kier alpha value is -1.18. The van der Waals surface area contributed by atoms with E-state index in [-0.39, 0.29) is 39.2 Å². The monoisotopic (exact) mass is 360 g/mol. The first-order valence-corrected chi connectivity index (χ1v) is 9.37. The van der Waals surface area contributed by atoms with Gasteiger partial charge in [0.1, 0.15) is 0 Å². The summed E-state index contributed by atoms with van der Waals surface area (Å²) in [6.45, 7) is 7.29. The Bertz CT molecular complexity index is 729. The fourth-order valence-electron chi connectivity index (χ4n) is 2.47. The van der Waals surface area contributed by atoms with Gasteiger partial charge >= 0.3 is 0 Å². The van der Waals surface area contributed by atoms with Crippen LogP contribution in [0.25, 0.3) is 0 Å². The molecule has 1 aromatic rings. The van der Waals surface area contributed by atoms with Gasteiger partial charge in [-0.1, -0.05) is 25.4 Å². The lowest BCUT2D eigenvalue weighted by atomic mass is 10.1. The van der Waals surface area contributed by atoms with Crippen molar-refractivity contribution in [1.29, 1.82) is 0 Å². The van der Waals surface area contributed by atoms with Gasteiger partial charge in [0.25, 0.3) is 5.69 Å². The molecule has 0 bridgehead atoms. The molecule has 2 rings (SSSR count). The van der Waals surface area contributed by atoms with E-state index in [1.807, 2.05) is 20.8 Å². The van der Waals surface area contributed by atoms with E-state index >= 15 is 0 Å². The number of nitro groups is 1. The highest BCUT2D eigenvalue weighted by Gasteiger charge is 2.42. The van der Waals surface area contributed by atoms with Crippen molar-refractivity contribution in [3.8, 4) is 0 Å². The molecule has 128 valence electrons. The normalized spacial score (nSPS) is 16.8. The second-order valence-corrected chi connectivity index (χ2v) is 8.61. The molecule has 1 fully saturated rings. The molecule has 0 heterocycles. The first-order valence-electron chi connectivity index (χ1n) is 7.55. The van der Waals surface area contributed by atoms with Crippen LogP contribution in [0, 0.1) is 23.0 Å². The van der Waals surface area contributed by atoms with Crippen molar-refractivity contribution >= 4 is 27.3 Å². The van der Waals surface area contributed by atoms with Gasteiger partial charge in [0, 0.05) is 23.7 Å². The molecule has 23 heavy (non-hydrogen) atoms. The van der Waals surface area contributed by atoms with Crippen molar-refractivity contribution < 1.29 is 13.3 Å². The number of benzene rings is 1. The average Bonchev–Trinajstić information content (AvgIpc) is 3.25. The molecule has 1 saturated carbocycles. The zero-order chi connectivity index (χ0) is 17.5. The van der Waals surface area contributed by atoms with Crippen molar-refractivity contribution in [3.63, 3.8) is 0 Å². The van der Waals surface area contributed by atoms with Crippen LogP contribution in [0.3, 0.4) is 0 Å². The first kappa shape index (κ1) is 18.2. The summed E-state index contributed by atoms with van der Waals surface area (Å²) in [5.74, 6) is 0.140. The summed E-state index contributed by atoms with van der Waals surface area (Å²) in [6.07, 6.45) is 1.63. The van der Waals surface area contributed by atoms with Crippen molar-refractivity contribution in [2.45, 2.75) is 57.5 Å². The van der Waals surface area contributed by atoms with Crippen molar-refractivity contribution in [1.82, 2.24) is 4.31 Å². The van der Waals surface area contributed by atoms with Gasteiger partial charge in [0.15, 0.2) is 0 Å². The van der Waals surface area contributed by atoms with Crippen LogP contribution in [-0.4, -0.2) is 29.7 Å². The minimum absolute atomic E-state index is 0.0310. The second-order valence-electron chi connectivity index (χ2n) is 6.36. The van der Waals surface area contributed by atoms with Gasteiger partial charge in [0.05, 0.1) is 14.8 Å². The van der Waals surface area contributed by atoms with E-state index in [2.05, 4.69) is 0 Å². The molecule has 0 aromatic heterocycles. The van der Waals surface area contributed by atoms with Crippen LogP contribution >= 0.6 is 11.6 Å². The summed E-state index contributed by atoms with van der Waals surface area (Å²) < 4.78 is 27.6. The molecular formula is C15H21ClN2O4S. The van der Waals surface area contributed by atoms with Crippen molar-refractivity contribution in [2.24, 2.45) is 5.92 Å². The predicted octanol–water partition coefficient (Wildman–Crippen LogP) is 3.75. The largest absolute Gasteiger partial charge is 0.275 e. The van der Waals surface area contributed by atoms with Gasteiger partial charge in [-0.15, -0.1) is 0 Å². The third kappa shape index (κ3) is 3.51. The Labute approximate surface area is 141 Å². The Balaban J connectivity index is 2.56. The standard InChI is InChI=1S/C15H21ClN2O4S/c1-9(2)11(4)17(12-5-6-12)23(21,22)13-7-14(16)10(3)15(8-13)18(19)20/h7-9,11-12H,5-6H2,1-4H3. The number of rotatable bonds is 6. The smallest absolute Gasteiger partial charge is 0.258 e. The lowest BCUT2D eigenvalue weighted by Gasteiger charge is -2.31. The van der Waals surface area contributed by atoms with Gasteiger partial charge in [-0.2, -0.15) is 4.31 Å². The summed E-state index contributed by atoms with van der Waals surface area (Å²) in [7, 11) is -3.83. The van der Waals surface area contributed by atoms with Crippen LogP contribution in [-0.2, 0) is 10.0 Å². The molecule has 1 atom stereocenters. The number of sulfonamides is 1. The maximum atomic E-state index is 13.0. The predicted molar refractivity (Wildman–Crippen MR) is 89.2 cm³/mol. The lowest BCUT2D eigenvalue weighted by molar-refractivity contribution is -0.385. The van der Waals surface area contributed by atoms with Gasteiger partial charge in [-0.3, -0.25) is 10.1 Å². The summed E-state index contributed by atoms with van der Waals surface area (Å²) in [5.41, 5.74) is -0.00508. The van der Waals surface area contributed by atoms with Crippen molar-refractivity contribution in [2.75, 3.05) is 0 Å². The van der Waals surface area contributed by atoms with Crippen molar-refractivity contribution in [3.05, 3.63) is 32.8 Å². The second kappa shape index (κ2) is 6.37. The number of halogens is 1. The van der Waals surface area contributed by atoms with E-state index in [4.69, 9.17) is 11.6 Å². The maximum Gasteiger partial charge on any atom is 0.275 e. The summed E-state index contributed by atoms with van der Waals surface area (Å²) in [6, 6.07) is 2.20. The minimum atomic E-state index is -3.83. The Kier molecular flexibility index (Phi) is 5.03. The molecule has 1 aliphatic carbocycles. The highest BCUT2D eigenvalue weighted by atomic mass is 35.5. The number of nitrogens with zero attached hydrogens (tertiary/aromatic N) is 2. The fourth-order valence-corrected chi connectivity index (χ4v) is 4.81. The molecule has 1 aromatic carbocycles. The summed E-state index contributed by atoms with van der Waals surface area (Å²) in [4.78, 5) is 10.4. The molecule has 0 N–H and O–H groups in total. The lowest BCUT2D eigenvalue weighted by Crippen LogP contribution is -2.43. The first-order chi connectivity index (χ1) is 10.6. The quantitative estimate of drug-likeness (QED) is 0.571. The Morgan fingerprint density at radius 1 is 1.30 bits per heavy atom. The molecular weight excluding hydrogens is 340 g/mol. The molecule has 0 radical (unpaired) electrons. The highest BCUT2D eigenvalue weighted by molar-refractivity contribution is 7.89. The SMILES string of the molecule is Cc1c(Cl)cc(S(=O)(=O)N(C2CC2)C(C)C(C)C)cc1[N+](=O)[O-]. The number of nitro benzene ring substituents is 1. The van der Waals surface area contributed by atoms with Gasteiger partial charge in [-0.25, -0.2) is 8.42 Å². The third-order valence-corrected chi connectivity index (χ3v) is 6.75. The molecule has 0 amide bonds. The summed E-state index contributed by atoms with van der Waals surface area (Å²) in [5, 5.41) is 11.2. The van der Waals surface area contributed by atoms with Crippen LogP contribution in [0.2, 0.25) is 5.02 Å². The van der Waals surface area contributed by atoms with E-state index in [9.17, 15) is 18.5 Å². The topological polar surface area (TPSA) is 80.5 Å². The van der Waals surface area contributed by atoms with Crippen LogP contribution in [0.1, 0.15) is 39.2 Å². The van der Waals surface area contributed by atoms with Crippen LogP contribution in [0.5, 0.6) is 0 Å². The fraction of sp³-hybridized carbons (Fsp3) is 0.600. The molecule has 1 aliphatic rings. The van der Waals surface area contributed by atoms with E-state index in [0.717, 1.165) is 18.9 Å². The Morgan fingerprint density at radius 3 is 2.30 bits per heavy atom. The molecule has 1 unspecified atom stereocenters. The summed E-state index contributed by atoms with van der Waals surface area (Å²) >= 11 is 6.02. The molecule has 0 aliphatic heterocycles. The van der Waals surface area contributed by atoms with E-state index < -0.39 is 14.9 Å². The van der Waals surface area contributed by atoms with Gasteiger partial charge in [-0.05, 0) is 38.7 Å². The zero-order valence-electron chi connectivity index (χ0n) is 13.6. The molecule has 0 saturated heterocycles. The number of hydrogen-bond donors (Lipinski definition) is 0. The average molecular weight is 361 g/mol. The zero-order valence-corrected chi connectivity index (χ0v) is 15.2. The van der Waals surface area contributed by atoms with Crippen LogP contribution in [0.4, 0.5) is 5.69 Å². The third-order valence-electron chi connectivity index (χ3n) is 4.34. The van der Waals surface area contributed by atoms with E-state index in [0.29, 0.717) is 0 Å². The van der Waals surface area contributed by atoms with E-state index in [1.54, 1.807) is 0 Å². The minimum Gasteiger partial charge on any atom is -0.258 e.